The van der Waals surface area contributed by atoms with Gasteiger partial charge in [-0.15, -0.1) is 0 Å². The zero-order valence-electron chi connectivity index (χ0n) is 12.1. The second-order valence-corrected chi connectivity index (χ2v) is 5.86. The second-order valence-electron chi connectivity index (χ2n) is 5.86. The fourth-order valence-electron chi connectivity index (χ4n) is 2.47. The van der Waals surface area contributed by atoms with Crippen LogP contribution in [0.4, 0.5) is 5.82 Å². The molecule has 2 fully saturated rings. The molecule has 2 aliphatic rings. The lowest BCUT2D eigenvalue weighted by Gasteiger charge is -2.25. The third-order valence-electron chi connectivity index (χ3n) is 3.92. The summed E-state index contributed by atoms with van der Waals surface area (Å²) in [6.07, 6.45) is 4.45. The van der Waals surface area contributed by atoms with E-state index in [1.54, 1.807) is 0 Å². The van der Waals surface area contributed by atoms with Crippen molar-refractivity contribution in [3.8, 4) is 0 Å². The van der Waals surface area contributed by atoms with Gasteiger partial charge in [-0.2, -0.15) is 5.10 Å². The number of aromatic nitrogens is 4. The van der Waals surface area contributed by atoms with Gasteiger partial charge in [0.05, 0.1) is 31.5 Å². The Bertz CT molecular complexity index is 645. The summed E-state index contributed by atoms with van der Waals surface area (Å²) >= 11 is 0. The van der Waals surface area contributed by atoms with E-state index >= 15 is 0 Å². The standard InChI is InChI=1S/C15H19N5O/c1-10-6-12(18-15(17-10)11-2-3-11)7-16-14-4-5-20(19-14)13-8-21-9-13/h4-6,11,13H,2-3,7-9H2,1H3,(H,16,19). The Balaban J connectivity index is 1.42. The van der Waals surface area contributed by atoms with Crippen molar-refractivity contribution in [3.63, 3.8) is 0 Å². The van der Waals surface area contributed by atoms with Gasteiger partial charge in [0.25, 0.3) is 0 Å². The smallest absolute Gasteiger partial charge is 0.148 e. The summed E-state index contributed by atoms with van der Waals surface area (Å²) in [4.78, 5) is 9.18. The Hall–Kier alpha value is -1.95. The van der Waals surface area contributed by atoms with Gasteiger partial charge in [0.15, 0.2) is 0 Å². The fraction of sp³-hybridized carbons (Fsp3) is 0.533. The summed E-state index contributed by atoms with van der Waals surface area (Å²) in [5.41, 5.74) is 2.08. The van der Waals surface area contributed by atoms with Crippen LogP contribution in [0, 0.1) is 6.92 Å². The van der Waals surface area contributed by atoms with Gasteiger partial charge in [0.1, 0.15) is 11.6 Å². The van der Waals surface area contributed by atoms with Gasteiger partial charge in [-0.1, -0.05) is 0 Å². The molecule has 1 aliphatic heterocycles. The van der Waals surface area contributed by atoms with E-state index in [0.717, 1.165) is 36.2 Å². The van der Waals surface area contributed by atoms with Crippen molar-refractivity contribution < 1.29 is 4.74 Å². The van der Waals surface area contributed by atoms with Gasteiger partial charge in [0.2, 0.25) is 0 Å². The third kappa shape index (κ3) is 2.76. The van der Waals surface area contributed by atoms with Crippen LogP contribution in [-0.4, -0.2) is 33.0 Å². The summed E-state index contributed by atoms with van der Waals surface area (Å²) < 4.78 is 7.15. The minimum atomic E-state index is 0.392. The molecular formula is C15H19N5O. The molecule has 0 spiro atoms. The molecular weight excluding hydrogens is 266 g/mol. The van der Waals surface area contributed by atoms with Crippen molar-refractivity contribution in [2.75, 3.05) is 18.5 Å². The van der Waals surface area contributed by atoms with Crippen LogP contribution < -0.4 is 5.32 Å². The van der Waals surface area contributed by atoms with Gasteiger partial charge < -0.3 is 10.1 Å². The first-order valence-corrected chi connectivity index (χ1v) is 7.49. The molecule has 6 nitrogen and oxygen atoms in total. The Morgan fingerprint density at radius 1 is 1.33 bits per heavy atom. The van der Waals surface area contributed by atoms with Gasteiger partial charge >= 0.3 is 0 Å². The number of hydrogen-bond acceptors (Lipinski definition) is 5. The van der Waals surface area contributed by atoms with Crippen LogP contribution >= 0.6 is 0 Å². The quantitative estimate of drug-likeness (QED) is 0.910. The lowest BCUT2D eigenvalue weighted by Crippen LogP contribution is -2.30. The summed E-state index contributed by atoms with van der Waals surface area (Å²) in [5, 5.41) is 7.86. The summed E-state index contributed by atoms with van der Waals surface area (Å²) in [5.74, 6) is 2.47. The highest BCUT2D eigenvalue weighted by Gasteiger charge is 2.27. The van der Waals surface area contributed by atoms with E-state index < -0.39 is 0 Å². The van der Waals surface area contributed by atoms with Crippen LogP contribution in [0.1, 0.15) is 42.0 Å². The average Bonchev–Trinajstić information content (AvgIpc) is 3.16. The molecule has 2 aromatic rings. The number of rotatable bonds is 5. The SMILES string of the molecule is Cc1cc(CNc2ccn(C3COC3)n2)nc(C2CC2)n1. The third-order valence-corrected chi connectivity index (χ3v) is 3.92. The van der Waals surface area contributed by atoms with E-state index in [2.05, 4.69) is 20.4 Å². The van der Waals surface area contributed by atoms with Crippen molar-refractivity contribution in [2.24, 2.45) is 0 Å². The van der Waals surface area contributed by atoms with Gasteiger partial charge in [0, 0.05) is 23.9 Å². The number of hydrogen-bond donors (Lipinski definition) is 1. The average molecular weight is 285 g/mol. The first-order chi connectivity index (χ1) is 10.3. The highest BCUT2D eigenvalue weighted by Crippen LogP contribution is 2.38. The zero-order chi connectivity index (χ0) is 14.2. The maximum atomic E-state index is 5.18. The molecule has 1 N–H and O–H groups in total. The van der Waals surface area contributed by atoms with Crippen molar-refractivity contribution in [3.05, 3.63) is 35.5 Å². The minimum Gasteiger partial charge on any atom is -0.377 e. The molecule has 1 aliphatic carbocycles. The van der Waals surface area contributed by atoms with E-state index in [1.165, 1.54) is 12.8 Å². The Labute approximate surface area is 123 Å². The highest BCUT2D eigenvalue weighted by molar-refractivity contribution is 5.33. The molecule has 2 aromatic heterocycles. The molecule has 0 bridgehead atoms. The number of ether oxygens (including phenoxy) is 1. The second kappa shape index (κ2) is 5.11. The Kier molecular flexibility index (Phi) is 3.11. The predicted molar refractivity (Wildman–Crippen MR) is 78.2 cm³/mol. The molecule has 0 radical (unpaired) electrons. The molecule has 3 heterocycles. The lowest BCUT2D eigenvalue weighted by molar-refractivity contribution is -0.0285. The maximum Gasteiger partial charge on any atom is 0.148 e. The number of anilines is 1. The first-order valence-electron chi connectivity index (χ1n) is 7.49. The molecule has 0 amide bonds. The normalized spacial score (nSPS) is 18.5. The Morgan fingerprint density at radius 3 is 2.90 bits per heavy atom. The molecule has 0 aromatic carbocycles. The van der Waals surface area contributed by atoms with Crippen molar-refractivity contribution in [1.29, 1.82) is 0 Å². The molecule has 4 rings (SSSR count). The van der Waals surface area contributed by atoms with E-state index in [1.807, 2.05) is 29.9 Å². The van der Waals surface area contributed by atoms with E-state index in [4.69, 9.17) is 4.74 Å². The first kappa shape index (κ1) is 12.8. The van der Waals surface area contributed by atoms with Crippen molar-refractivity contribution >= 4 is 5.82 Å². The molecule has 1 saturated carbocycles. The van der Waals surface area contributed by atoms with E-state index in [0.29, 0.717) is 18.5 Å². The van der Waals surface area contributed by atoms with Crippen LogP contribution in [-0.2, 0) is 11.3 Å². The fourth-order valence-corrected chi connectivity index (χ4v) is 2.47. The number of nitrogens with zero attached hydrogens (tertiary/aromatic N) is 4. The lowest BCUT2D eigenvalue weighted by atomic mass is 10.3. The van der Waals surface area contributed by atoms with Crippen molar-refractivity contribution in [1.82, 2.24) is 19.7 Å². The summed E-state index contributed by atoms with van der Waals surface area (Å²) in [7, 11) is 0. The van der Waals surface area contributed by atoms with Crippen LogP contribution in [0.3, 0.4) is 0 Å². The molecule has 1 saturated heterocycles. The Morgan fingerprint density at radius 2 is 2.19 bits per heavy atom. The molecule has 0 unspecified atom stereocenters. The summed E-state index contributed by atoms with van der Waals surface area (Å²) in [6.45, 7) is 4.23. The highest BCUT2D eigenvalue weighted by atomic mass is 16.5. The van der Waals surface area contributed by atoms with Crippen LogP contribution in [0.5, 0.6) is 0 Å². The van der Waals surface area contributed by atoms with Crippen LogP contribution in [0.15, 0.2) is 18.3 Å². The topological polar surface area (TPSA) is 64.9 Å². The number of nitrogens with one attached hydrogen (secondary N) is 1. The largest absolute Gasteiger partial charge is 0.377 e. The van der Waals surface area contributed by atoms with Crippen LogP contribution in [0.2, 0.25) is 0 Å². The van der Waals surface area contributed by atoms with Gasteiger partial charge in [-0.25, -0.2) is 9.97 Å². The van der Waals surface area contributed by atoms with E-state index in [9.17, 15) is 0 Å². The molecule has 21 heavy (non-hydrogen) atoms. The van der Waals surface area contributed by atoms with E-state index in [-0.39, 0.29) is 0 Å². The predicted octanol–water partition coefficient (Wildman–Crippen LogP) is 2.04. The minimum absolute atomic E-state index is 0.392. The van der Waals surface area contributed by atoms with Crippen molar-refractivity contribution in [2.45, 2.75) is 38.3 Å². The molecule has 0 atom stereocenters. The van der Waals surface area contributed by atoms with Crippen LogP contribution in [0.25, 0.3) is 0 Å². The molecule has 110 valence electrons. The van der Waals surface area contributed by atoms with Gasteiger partial charge in [-0.3, -0.25) is 4.68 Å². The summed E-state index contributed by atoms with van der Waals surface area (Å²) in [6, 6.07) is 4.42. The monoisotopic (exact) mass is 285 g/mol. The zero-order valence-corrected chi connectivity index (χ0v) is 12.1. The van der Waals surface area contributed by atoms with Gasteiger partial charge in [-0.05, 0) is 25.8 Å². The maximum absolute atomic E-state index is 5.18. The molecule has 6 heteroatoms. The number of aryl methyl sites for hydroxylation is 1.